The van der Waals surface area contributed by atoms with Crippen molar-refractivity contribution in [2.24, 2.45) is 22.2 Å². The number of nitrogens with one attached hydrogen (secondary N) is 3. The number of Topliss-reactive ketones (excluding diaryl/α,β-unsaturated/α-hetero) is 1. The molecule has 2 aliphatic rings. The number of rotatable bonds is 11. The second-order valence-corrected chi connectivity index (χ2v) is 8.70. The summed E-state index contributed by atoms with van der Waals surface area (Å²) in [5.41, 5.74) is 16.0. The van der Waals surface area contributed by atoms with Gasteiger partial charge in [-0.15, -0.1) is 0 Å². The van der Waals surface area contributed by atoms with E-state index in [9.17, 15) is 19.2 Å². The minimum absolute atomic E-state index is 0.0355. The van der Waals surface area contributed by atoms with Crippen LogP contribution in [-0.2, 0) is 19.2 Å². The highest BCUT2D eigenvalue weighted by atomic mass is 16.2. The molecule has 0 aromatic rings. The maximum absolute atomic E-state index is 12.9. The Bertz CT molecular complexity index is 726. The fourth-order valence-electron chi connectivity index (χ4n) is 3.81. The van der Waals surface area contributed by atoms with Crippen molar-refractivity contribution >= 4 is 29.5 Å². The summed E-state index contributed by atoms with van der Waals surface area (Å²) in [6.45, 7) is 7.00. The molecule has 0 radical (unpaired) electrons. The van der Waals surface area contributed by atoms with E-state index in [0.29, 0.717) is 32.4 Å². The van der Waals surface area contributed by atoms with Crippen LogP contribution in [0.3, 0.4) is 0 Å². The van der Waals surface area contributed by atoms with Crippen LogP contribution in [-0.4, -0.2) is 84.7 Å². The number of guanidine groups is 1. The third kappa shape index (κ3) is 9.64. The standard InChI is InChI=1S/C19H34N8O4.C3H8/c1-2-3-5-11-17(30)25-12(8-24-11)15(28)10-27-9-13(16(20)29)26-18(31)14(27)6-4-7-23-19(21)22;1-3-2/h11-14,24H,2-10H2,1H3,(H2,20,29)(H,25,30)(H,26,31)(H4,21,22,23);3H2,1-2H3/t11-,12+,13+,14-;/m0./s1. The molecule has 0 bridgehead atoms. The summed E-state index contributed by atoms with van der Waals surface area (Å²) in [6, 6.07) is -2.50. The highest BCUT2D eigenvalue weighted by Gasteiger charge is 2.39. The van der Waals surface area contributed by atoms with Crippen LogP contribution in [0, 0.1) is 0 Å². The summed E-state index contributed by atoms with van der Waals surface area (Å²) < 4.78 is 0. The monoisotopic (exact) mass is 482 g/mol. The number of carbonyl (C=O) groups excluding carboxylic acids is 4. The lowest BCUT2D eigenvalue weighted by Gasteiger charge is -2.39. The number of primary amides is 1. The zero-order valence-corrected chi connectivity index (χ0v) is 20.6. The summed E-state index contributed by atoms with van der Waals surface area (Å²) in [5, 5.41) is 8.50. The number of hydrogen-bond acceptors (Lipinski definition) is 7. The van der Waals surface area contributed by atoms with Crippen molar-refractivity contribution in [2.75, 3.05) is 26.2 Å². The van der Waals surface area contributed by atoms with Gasteiger partial charge in [0.1, 0.15) is 12.1 Å². The lowest BCUT2D eigenvalue weighted by atomic mass is 10.00. The lowest BCUT2D eigenvalue weighted by Crippen LogP contribution is -2.66. The Morgan fingerprint density at radius 3 is 2.21 bits per heavy atom. The minimum atomic E-state index is -0.883. The molecule has 9 N–H and O–H groups in total. The first-order valence-corrected chi connectivity index (χ1v) is 12.1. The zero-order chi connectivity index (χ0) is 25.7. The molecule has 12 nitrogen and oxygen atoms in total. The van der Waals surface area contributed by atoms with Crippen LogP contribution < -0.4 is 33.2 Å². The highest BCUT2D eigenvalue weighted by molar-refractivity contribution is 5.95. The van der Waals surface area contributed by atoms with E-state index in [1.807, 2.05) is 0 Å². The third-order valence-corrected chi connectivity index (χ3v) is 5.55. The zero-order valence-electron chi connectivity index (χ0n) is 20.6. The number of piperazine rings is 2. The molecular formula is C22H42N8O4. The van der Waals surface area contributed by atoms with Gasteiger partial charge in [-0.2, -0.15) is 0 Å². The second-order valence-electron chi connectivity index (χ2n) is 8.70. The van der Waals surface area contributed by atoms with Crippen LogP contribution in [0.25, 0.3) is 0 Å². The molecule has 2 fully saturated rings. The average Bonchev–Trinajstić information content (AvgIpc) is 2.77. The molecule has 0 aromatic carbocycles. The maximum Gasteiger partial charge on any atom is 0.241 e. The van der Waals surface area contributed by atoms with Crippen LogP contribution in [0.2, 0.25) is 0 Å². The smallest absolute Gasteiger partial charge is 0.241 e. The van der Waals surface area contributed by atoms with Crippen LogP contribution in [0.1, 0.15) is 59.3 Å². The lowest BCUT2D eigenvalue weighted by molar-refractivity contribution is -0.139. The van der Waals surface area contributed by atoms with E-state index in [4.69, 9.17) is 17.2 Å². The molecule has 34 heavy (non-hydrogen) atoms. The van der Waals surface area contributed by atoms with E-state index in [-0.39, 0.29) is 42.7 Å². The predicted molar refractivity (Wildman–Crippen MR) is 131 cm³/mol. The Morgan fingerprint density at radius 2 is 1.65 bits per heavy atom. The molecule has 0 aliphatic carbocycles. The van der Waals surface area contributed by atoms with Crippen molar-refractivity contribution in [3.8, 4) is 0 Å². The van der Waals surface area contributed by atoms with E-state index in [2.05, 4.69) is 41.7 Å². The predicted octanol–water partition coefficient (Wildman–Crippen LogP) is -1.67. The fourth-order valence-corrected chi connectivity index (χ4v) is 3.81. The second kappa shape index (κ2) is 15.2. The van der Waals surface area contributed by atoms with Crippen molar-refractivity contribution in [3.63, 3.8) is 0 Å². The first-order chi connectivity index (χ1) is 16.1. The van der Waals surface area contributed by atoms with E-state index in [1.54, 1.807) is 4.90 Å². The highest BCUT2D eigenvalue weighted by Crippen LogP contribution is 2.15. The van der Waals surface area contributed by atoms with Gasteiger partial charge in [0, 0.05) is 19.6 Å². The number of unbranched alkanes of at least 4 members (excludes halogenated alkanes) is 1. The van der Waals surface area contributed by atoms with E-state index < -0.39 is 24.0 Å². The first kappa shape index (κ1) is 29.3. The number of nitrogens with two attached hydrogens (primary N) is 3. The van der Waals surface area contributed by atoms with Crippen molar-refractivity contribution in [1.29, 1.82) is 0 Å². The SMILES string of the molecule is CCC.CCCC[C@@H]1NC[C@H](C(=O)CN2C[C@H](C(N)=O)NC(=O)[C@@H]2CCCN=C(N)N)NC1=O. The van der Waals surface area contributed by atoms with Gasteiger partial charge >= 0.3 is 0 Å². The van der Waals surface area contributed by atoms with Gasteiger partial charge in [-0.1, -0.05) is 40.0 Å². The summed E-state index contributed by atoms with van der Waals surface area (Å²) >= 11 is 0. The van der Waals surface area contributed by atoms with E-state index >= 15 is 0 Å². The molecule has 4 atom stereocenters. The fraction of sp³-hybridized carbons (Fsp3) is 0.773. The van der Waals surface area contributed by atoms with Crippen LogP contribution in [0.5, 0.6) is 0 Å². The quantitative estimate of drug-likeness (QED) is 0.114. The molecule has 0 spiro atoms. The molecule has 0 unspecified atom stereocenters. The number of hydrogen-bond donors (Lipinski definition) is 6. The topological polar surface area (TPSA) is 198 Å². The largest absolute Gasteiger partial charge is 0.370 e. The molecule has 2 rings (SSSR count). The first-order valence-electron chi connectivity index (χ1n) is 12.1. The van der Waals surface area contributed by atoms with Gasteiger partial charge in [0.05, 0.1) is 18.6 Å². The molecule has 2 saturated heterocycles. The van der Waals surface area contributed by atoms with Gasteiger partial charge < -0.3 is 33.2 Å². The molecule has 12 heteroatoms. The van der Waals surface area contributed by atoms with Crippen LogP contribution in [0.4, 0.5) is 0 Å². The van der Waals surface area contributed by atoms with Gasteiger partial charge in [-0.25, -0.2) is 0 Å². The van der Waals surface area contributed by atoms with Gasteiger partial charge in [0.15, 0.2) is 11.7 Å². The third-order valence-electron chi connectivity index (χ3n) is 5.55. The molecule has 194 valence electrons. The van der Waals surface area contributed by atoms with Gasteiger partial charge in [0.25, 0.3) is 0 Å². The summed E-state index contributed by atoms with van der Waals surface area (Å²) in [4.78, 5) is 54.9. The Hall–Kier alpha value is -2.73. The Balaban J connectivity index is 0.00000182. The number of carbonyl (C=O) groups is 4. The molecule has 3 amide bonds. The van der Waals surface area contributed by atoms with Crippen molar-refractivity contribution in [2.45, 2.75) is 83.5 Å². The maximum atomic E-state index is 12.9. The molecule has 0 aromatic heterocycles. The summed E-state index contributed by atoms with van der Waals surface area (Å²) in [6.07, 6.45) is 4.78. The van der Waals surface area contributed by atoms with Crippen LogP contribution in [0.15, 0.2) is 4.99 Å². The molecule has 2 aliphatic heterocycles. The van der Waals surface area contributed by atoms with E-state index in [0.717, 1.165) is 12.8 Å². The molecular weight excluding hydrogens is 440 g/mol. The number of amides is 3. The Kier molecular flexibility index (Phi) is 13.1. The number of aliphatic imine (C=N–C) groups is 1. The van der Waals surface area contributed by atoms with Gasteiger partial charge in [0.2, 0.25) is 17.7 Å². The number of nitrogens with zero attached hydrogens (tertiary/aromatic N) is 2. The van der Waals surface area contributed by atoms with Crippen molar-refractivity contribution in [1.82, 2.24) is 20.9 Å². The Morgan fingerprint density at radius 1 is 1.00 bits per heavy atom. The van der Waals surface area contributed by atoms with Crippen molar-refractivity contribution in [3.05, 3.63) is 0 Å². The molecule has 2 heterocycles. The van der Waals surface area contributed by atoms with Gasteiger partial charge in [-0.05, 0) is 19.3 Å². The summed E-state index contributed by atoms with van der Waals surface area (Å²) in [5.74, 6) is -1.51. The minimum Gasteiger partial charge on any atom is -0.370 e. The molecule has 0 saturated carbocycles. The van der Waals surface area contributed by atoms with Gasteiger partial charge in [-0.3, -0.25) is 29.1 Å². The number of ketones is 1. The Labute approximate surface area is 201 Å². The van der Waals surface area contributed by atoms with E-state index in [1.165, 1.54) is 6.42 Å². The average molecular weight is 483 g/mol. The normalized spacial score (nSPS) is 24.8. The van der Waals surface area contributed by atoms with Crippen LogP contribution >= 0.6 is 0 Å². The van der Waals surface area contributed by atoms with Crippen molar-refractivity contribution < 1.29 is 19.2 Å². The summed E-state index contributed by atoms with van der Waals surface area (Å²) in [7, 11) is 0.